The number of hydrogen-bond acceptors (Lipinski definition) is 7. The number of methoxy groups -OCH3 is 1. The second-order valence-electron chi connectivity index (χ2n) is 13.8. The number of carbonyl (C=O) groups is 2. The minimum atomic E-state index is -2.91. The summed E-state index contributed by atoms with van der Waals surface area (Å²) >= 11 is 0. The summed E-state index contributed by atoms with van der Waals surface area (Å²) in [4.78, 5) is 25.7. The number of halogens is 2. The van der Waals surface area contributed by atoms with E-state index < -0.39 is 20.3 Å². The molecule has 10 heteroatoms. The zero-order valence-electron chi connectivity index (χ0n) is 30.2. The fourth-order valence-electron chi connectivity index (χ4n) is 7.28. The standard InChI is InChI=1S/C38H62F2O7Si/c1-6-10-25-38(39,40)35(47-48(7-2,8-3)9-4)24-23-32-31(33(41)27-34(32)46-37-18-15-26-44-37)16-13-11-12-14-17-36(42)45-28-29-19-21-30(43-5)22-20-29/h19-22,31-32,34-35,37H,6-18,23-28H2,1-5H3/t31-,32-,34-,35?,37?/m1/s1. The van der Waals surface area contributed by atoms with Crippen molar-refractivity contribution in [3.8, 4) is 5.75 Å². The first-order chi connectivity index (χ1) is 23.1. The zero-order chi connectivity index (χ0) is 35.0. The number of ether oxygens (including phenoxy) is 4. The Kier molecular flexibility index (Phi) is 17.5. The third-order valence-corrected chi connectivity index (χ3v) is 15.3. The van der Waals surface area contributed by atoms with Crippen molar-refractivity contribution in [2.24, 2.45) is 11.8 Å². The maximum Gasteiger partial charge on any atom is 0.306 e. The molecule has 1 heterocycles. The molecule has 5 atom stereocenters. The normalized spacial score (nSPS) is 22.3. The Labute approximate surface area is 289 Å². The van der Waals surface area contributed by atoms with E-state index >= 15 is 8.78 Å². The van der Waals surface area contributed by atoms with Crippen LogP contribution in [-0.4, -0.2) is 58.2 Å². The molecule has 2 unspecified atom stereocenters. The summed E-state index contributed by atoms with van der Waals surface area (Å²) in [6.07, 6.45) is 6.29. The lowest BCUT2D eigenvalue weighted by Crippen LogP contribution is -2.47. The summed E-state index contributed by atoms with van der Waals surface area (Å²) in [5.41, 5.74) is 0.909. The van der Waals surface area contributed by atoms with Crippen LogP contribution in [0.15, 0.2) is 24.3 Å². The van der Waals surface area contributed by atoms with Gasteiger partial charge in [-0.15, -0.1) is 0 Å². The fourth-order valence-corrected chi connectivity index (χ4v) is 10.2. The molecule has 1 aromatic rings. The summed E-state index contributed by atoms with van der Waals surface area (Å²) < 4.78 is 60.7. The number of alkyl halides is 2. The first-order valence-electron chi connectivity index (χ1n) is 18.7. The minimum absolute atomic E-state index is 0.136. The minimum Gasteiger partial charge on any atom is -0.497 e. The van der Waals surface area contributed by atoms with Gasteiger partial charge in [0.15, 0.2) is 14.6 Å². The SMILES string of the molecule is CCCCC(F)(F)C(CC[C@H]1[C@H](OC2CCCO2)CC(=O)[C@@H]1CCCCCCC(=O)OCc1ccc(OC)cc1)O[Si](CC)(CC)CC. The van der Waals surface area contributed by atoms with Crippen LogP contribution in [-0.2, 0) is 34.8 Å². The largest absolute Gasteiger partial charge is 0.497 e. The van der Waals surface area contributed by atoms with Gasteiger partial charge in [0.1, 0.15) is 24.2 Å². The lowest BCUT2D eigenvalue weighted by Gasteiger charge is -2.38. The van der Waals surface area contributed by atoms with Gasteiger partial charge in [0, 0.05) is 38.2 Å². The molecule has 0 N–H and O–H groups in total. The quantitative estimate of drug-likeness (QED) is 0.0605. The Morgan fingerprint density at radius 1 is 1.00 bits per heavy atom. The van der Waals surface area contributed by atoms with Gasteiger partial charge in [0.25, 0.3) is 5.92 Å². The summed E-state index contributed by atoms with van der Waals surface area (Å²) in [5, 5.41) is 0. The number of ketones is 1. The highest BCUT2D eigenvalue weighted by Crippen LogP contribution is 2.42. The Morgan fingerprint density at radius 2 is 1.71 bits per heavy atom. The van der Waals surface area contributed by atoms with Gasteiger partial charge in [0.05, 0.1) is 13.2 Å². The van der Waals surface area contributed by atoms with E-state index in [1.807, 2.05) is 31.2 Å². The van der Waals surface area contributed by atoms with E-state index in [2.05, 4.69) is 20.8 Å². The monoisotopic (exact) mass is 696 g/mol. The van der Waals surface area contributed by atoms with Crippen LogP contribution in [0.3, 0.4) is 0 Å². The van der Waals surface area contributed by atoms with E-state index in [0.717, 1.165) is 68.0 Å². The molecule has 1 aromatic carbocycles. The summed E-state index contributed by atoms with van der Waals surface area (Å²) in [5.74, 6) is -2.57. The molecule has 3 rings (SSSR count). The highest BCUT2D eigenvalue weighted by molar-refractivity contribution is 6.73. The molecule has 274 valence electrons. The Hall–Kier alpha value is -1.88. The van der Waals surface area contributed by atoms with Crippen molar-refractivity contribution >= 4 is 20.1 Å². The van der Waals surface area contributed by atoms with Crippen LogP contribution in [0, 0.1) is 11.8 Å². The molecule has 0 aromatic heterocycles. The molecule has 2 fully saturated rings. The van der Waals surface area contributed by atoms with Gasteiger partial charge in [-0.1, -0.05) is 65.5 Å². The predicted molar refractivity (Wildman–Crippen MR) is 187 cm³/mol. The van der Waals surface area contributed by atoms with Crippen molar-refractivity contribution in [3.05, 3.63) is 29.8 Å². The van der Waals surface area contributed by atoms with Gasteiger partial charge in [-0.2, -0.15) is 0 Å². The molecule has 1 saturated heterocycles. The second-order valence-corrected chi connectivity index (χ2v) is 18.5. The van der Waals surface area contributed by atoms with E-state index in [0.29, 0.717) is 45.1 Å². The van der Waals surface area contributed by atoms with Crippen molar-refractivity contribution in [1.82, 2.24) is 0 Å². The zero-order valence-corrected chi connectivity index (χ0v) is 31.2. The smallest absolute Gasteiger partial charge is 0.306 e. The van der Waals surface area contributed by atoms with Crippen molar-refractivity contribution < 1.29 is 41.7 Å². The summed E-state index contributed by atoms with van der Waals surface area (Å²) in [6, 6.07) is 9.88. The van der Waals surface area contributed by atoms with Crippen LogP contribution >= 0.6 is 0 Å². The molecule has 1 aliphatic carbocycles. The van der Waals surface area contributed by atoms with E-state index in [1.54, 1.807) is 7.11 Å². The van der Waals surface area contributed by atoms with Gasteiger partial charge in [0.2, 0.25) is 0 Å². The number of benzene rings is 1. The van der Waals surface area contributed by atoms with E-state index in [1.165, 1.54) is 0 Å². The highest BCUT2D eigenvalue weighted by atomic mass is 28.4. The number of carbonyl (C=O) groups excluding carboxylic acids is 2. The average molecular weight is 697 g/mol. The molecule has 1 aliphatic heterocycles. The van der Waals surface area contributed by atoms with Crippen molar-refractivity contribution in [3.63, 3.8) is 0 Å². The third kappa shape index (κ3) is 12.5. The number of esters is 1. The first-order valence-corrected chi connectivity index (χ1v) is 21.3. The number of rotatable bonds is 24. The Bertz CT molecular complexity index is 1070. The molecular weight excluding hydrogens is 634 g/mol. The lowest BCUT2D eigenvalue weighted by molar-refractivity contribution is -0.158. The molecule has 48 heavy (non-hydrogen) atoms. The van der Waals surface area contributed by atoms with Crippen molar-refractivity contribution in [2.45, 2.75) is 167 Å². The number of unbranched alkanes of at least 4 members (excludes halogenated alkanes) is 4. The Balaban J connectivity index is 1.56. The van der Waals surface area contributed by atoms with Gasteiger partial charge in [-0.3, -0.25) is 9.59 Å². The second kappa shape index (κ2) is 20.7. The average Bonchev–Trinajstić information content (AvgIpc) is 3.71. The molecule has 0 bridgehead atoms. The predicted octanol–water partition coefficient (Wildman–Crippen LogP) is 9.80. The van der Waals surface area contributed by atoms with Crippen LogP contribution in [0.25, 0.3) is 0 Å². The van der Waals surface area contributed by atoms with Crippen LogP contribution in [0.1, 0.15) is 123 Å². The van der Waals surface area contributed by atoms with Crippen LogP contribution < -0.4 is 4.74 Å². The molecule has 0 spiro atoms. The maximum absolute atomic E-state index is 15.8. The van der Waals surface area contributed by atoms with Crippen LogP contribution in [0.4, 0.5) is 8.78 Å². The number of hydrogen-bond donors (Lipinski definition) is 0. The van der Waals surface area contributed by atoms with Gasteiger partial charge in [-0.05, 0) is 80.3 Å². The topological polar surface area (TPSA) is 80.3 Å². The fraction of sp³-hybridized carbons (Fsp3) is 0.789. The summed E-state index contributed by atoms with van der Waals surface area (Å²) in [6.45, 7) is 9.03. The highest BCUT2D eigenvalue weighted by Gasteiger charge is 2.48. The first kappa shape index (κ1) is 40.5. The van der Waals surface area contributed by atoms with Crippen molar-refractivity contribution in [1.29, 1.82) is 0 Å². The van der Waals surface area contributed by atoms with Gasteiger partial charge >= 0.3 is 5.97 Å². The third-order valence-electron chi connectivity index (χ3n) is 10.7. The van der Waals surface area contributed by atoms with Crippen molar-refractivity contribution in [2.75, 3.05) is 13.7 Å². The summed E-state index contributed by atoms with van der Waals surface area (Å²) in [7, 11) is -0.677. The van der Waals surface area contributed by atoms with E-state index in [9.17, 15) is 9.59 Å². The van der Waals surface area contributed by atoms with Crippen LogP contribution in [0.5, 0.6) is 5.75 Å². The lowest BCUT2D eigenvalue weighted by atomic mass is 9.84. The van der Waals surface area contributed by atoms with E-state index in [4.69, 9.17) is 23.4 Å². The molecule has 2 aliphatic rings. The number of Topliss-reactive ketones (excluding diaryl/α,β-unsaturated/α-hetero) is 1. The Morgan fingerprint density at radius 3 is 2.33 bits per heavy atom. The molecule has 0 radical (unpaired) electrons. The molecule has 0 amide bonds. The maximum atomic E-state index is 15.8. The van der Waals surface area contributed by atoms with Gasteiger partial charge in [-0.25, -0.2) is 8.78 Å². The molecule has 7 nitrogen and oxygen atoms in total. The van der Waals surface area contributed by atoms with Crippen LogP contribution in [0.2, 0.25) is 18.1 Å². The molecule has 1 saturated carbocycles. The van der Waals surface area contributed by atoms with Gasteiger partial charge < -0.3 is 23.4 Å². The molecular formula is C38H62F2O7Si. The van der Waals surface area contributed by atoms with E-state index in [-0.39, 0.29) is 55.4 Å².